The number of ether oxygens (including phenoxy) is 1. The van der Waals surface area contributed by atoms with Gasteiger partial charge in [0.2, 0.25) is 0 Å². The molecule has 1 fully saturated rings. The Morgan fingerprint density at radius 1 is 1.56 bits per heavy atom. The average Bonchev–Trinajstić information content (AvgIpc) is 2.63. The highest BCUT2D eigenvalue weighted by atomic mass is 79.9. The van der Waals surface area contributed by atoms with Gasteiger partial charge < -0.3 is 4.74 Å². The number of carbonyl (C=O) groups excluding carboxylic acids is 1. The van der Waals surface area contributed by atoms with Crippen molar-refractivity contribution < 1.29 is 9.53 Å². The zero-order valence-electron chi connectivity index (χ0n) is 9.38. The molecule has 88 valence electrons. The summed E-state index contributed by atoms with van der Waals surface area (Å²) in [6, 6.07) is 2.12. The van der Waals surface area contributed by atoms with Crippen LogP contribution in [0.3, 0.4) is 0 Å². The second-order valence-electron chi connectivity index (χ2n) is 4.30. The zero-order chi connectivity index (χ0) is 12.6. The lowest BCUT2D eigenvalue weighted by atomic mass is 9.98. The highest BCUT2D eigenvalue weighted by molar-refractivity contribution is 9.28. The maximum absolute atomic E-state index is 11.9. The first-order valence-electron chi connectivity index (χ1n) is 4.95. The fourth-order valence-electron chi connectivity index (χ4n) is 2.16. The van der Waals surface area contributed by atoms with Crippen LogP contribution in [0.25, 0.3) is 0 Å². The number of nitriles is 1. The van der Waals surface area contributed by atoms with Crippen molar-refractivity contribution in [3.8, 4) is 6.07 Å². The molecule has 0 radical (unpaired) electrons. The van der Waals surface area contributed by atoms with Crippen molar-refractivity contribution in [2.45, 2.75) is 20.8 Å². The van der Waals surface area contributed by atoms with Gasteiger partial charge >= 0.3 is 5.97 Å². The molecule has 1 saturated carbocycles. The summed E-state index contributed by atoms with van der Waals surface area (Å²) < 4.78 is 5.74. The number of nitrogens with zero attached hydrogens (tertiary/aromatic N) is 1. The molecule has 0 amide bonds. The molecule has 1 aliphatic carbocycles. The Kier molecular flexibility index (Phi) is 3.86. The van der Waals surface area contributed by atoms with Crippen LogP contribution in [0, 0.1) is 28.1 Å². The van der Waals surface area contributed by atoms with Crippen molar-refractivity contribution in [3.05, 3.63) is 9.47 Å². The summed E-state index contributed by atoms with van der Waals surface area (Å²) in [6.07, 6.45) is 1.83. The third-order valence-electron chi connectivity index (χ3n) is 3.24. The molecule has 0 aromatic heterocycles. The lowest BCUT2D eigenvalue weighted by Crippen LogP contribution is -2.23. The van der Waals surface area contributed by atoms with E-state index in [4.69, 9.17) is 4.74 Å². The van der Waals surface area contributed by atoms with Gasteiger partial charge in [0.05, 0.1) is 16.1 Å². The molecular formula is C11H13Br2NO2. The molecule has 0 spiro atoms. The van der Waals surface area contributed by atoms with Crippen molar-refractivity contribution in [3.63, 3.8) is 0 Å². The second kappa shape index (κ2) is 4.50. The van der Waals surface area contributed by atoms with Crippen LogP contribution in [-0.2, 0) is 9.53 Å². The van der Waals surface area contributed by atoms with E-state index in [-0.39, 0.29) is 11.3 Å². The molecule has 0 bridgehead atoms. The first kappa shape index (κ1) is 13.7. The van der Waals surface area contributed by atoms with E-state index >= 15 is 0 Å². The van der Waals surface area contributed by atoms with Gasteiger partial charge in [-0.25, -0.2) is 0 Å². The molecular weight excluding hydrogens is 338 g/mol. The van der Waals surface area contributed by atoms with Crippen molar-refractivity contribution in [2.75, 3.05) is 6.61 Å². The van der Waals surface area contributed by atoms with Gasteiger partial charge in [-0.1, -0.05) is 19.9 Å². The van der Waals surface area contributed by atoms with Crippen LogP contribution in [0.1, 0.15) is 20.8 Å². The second-order valence-corrected chi connectivity index (χ2v) is 7.07. The smallest absolute Gasteiger partial charge is 0.327 e. The summed E-state index contributed by atoms with van der Waals surface area (Å²) in [5.41, 5.74) is -1.43. The Morgan fingerprint density at radius 3 is 2.50 bits per heavy atom. The summed E-state index contributed by atoms with van der Waals surface area (Å²) in [5.74, 6) is -0.553. The van der Waals surface area contributed by atoms with E-state index in [1.807, 2.05) is 19.9 Å². The number of esters is 1. The first-order valence-corrected chi connectivity index (χ1v) is 6.54. The summed E-state index contributed by atoms with van der Waals surface area (Å²) in [4.78, 5) is 11.9. The number of hydrogen-bond acceptors (Lipinski definition) is 3. The fourth-order valence-corrected chi connectivity index (χ4v) is 2.69. The molecule has 0 N–H and O–H groups in total. The van der Waals surface area contributed by atoms with E-state index in [1.54, 1.807) is 6.92 Å². The van der Waals surface area contributed by atoms with Gasteiger partial charge in [-0.3, -0.25) is 4.79 Å². The largest absolute Gasteiger partial charge is 0.465 e. The normalized spacial score (nSPS) is 30.1. The summed E-state index contributed by atoms with van der Waals surface area (Å²) in [6.45, 7) is 5.84. The molecule has 1 rings (SSSR count). The minimum atomic E-state index is -1.05. The molecule has 0 aliphatic heterocycles. The van der Waals surface area contributed by atoms with Gasteiger partial charge in [0.1, 0.15) is 0 Å². The van der Waals surface area contributed by atoms with E-state index in [0.29, 0.717) is 6.61 Å². The van der Waals surface area contributed by atoms with Gasteiger partial charge in [-0.05, 0) is 38.8 Å². The molecule has 0 aromatic rings. The van der Waals surface area contributed by atoms with Crippen LogP contribution in [0.4, 0.5) is 0 Å². The zero-order valence-corrected chi connectivity index (χ0v) is 12.6. The molecule has 2 atom stereocenters. The minimum absolute atomic E-state index is 0.127. The quantitative estimate of drug-likeness (QED) is 0.733. The van der Waals surface area contributed by atoms with Gasteiger partial charge in [-0.2, -0.15) is 5.26 Å². The maximum Gasteiger partial charge on any atom is 0.327 e. The molecule has 16 heavy (non-hydrogen) atoms. The third-order valence-corrected chi connectivity index (χ3v) is 3.77. The topological polar surface area (TPSA) is 50.1 Å². The predicted molar refractivity (Wildman–Crippen MR) is 67.9 cm³/mol. The molecule has 0 aromatic carbocycles. The van der Waals surface area contributed by atoms with E-state index in [1.165, 1.54) is 0 Å². The van der Waals surface area contributed by atoms with Crippen LogP contribution in [0.15, 0.2) is 9.47 Å². The summed E-state index contributed by atoms with van der Waals surface area (Å²) >= 11 is 6.50. The Bertz CT molecular complexity index is 380. The number of allylic oxidation sites excluding steroid dienone is 1. The Morgan fingerprint density at radius 2 is 2.12 bits per heavy atom. The van der Waals surface area contributed by atoms with Crippen LogP contribution in [0.2, 0.25) is 0 Å². The van der Waals surface area contributed by atoms with Crippen molar-refractivity contribution in [1.82, 2.24) is 0 Å². The minimum Gasteiger partial charge on any atom is -0.465 e. The van der Waals surface area contributed by atoms with Crippen LogP contribution < -0.4 is 0 Å². The Balaban J connectivity index is 3.05. The SMILES string of the molecule is CCOC(=O)C1(C#N)C(C=C(Br)Br)C1(C)C. The lowest BCUT2D eigenvalue weighted by Gasteiger charge is -2.09. The molecule has 3 nitrogen and oxygen atoms in total. The number of carbonyl (C=O) groups is 1. The van der Waals surface area contributed by atoms with E-state index in [2.05, 4.69) is 37.9 Å². The monoisotopic (exact) mass is 349 g/mol. The fraction of sp³-hybridized carbons (Fsp3) is 0.636. The molecule has 1 aliphatic rings. The third kappa shape index (κ3) is 1.82. The van der Waals surface area contributed by atoms with Gasteiger partial charge in [-0.15, -0.1) is 0 Å². The van der Waals surface area contributed by atoms with E-state index in [9.17, 15) is 10.1 Å². The maximum atomic E-state index is 11.9. The highest BCUT2D eigenvalue weighted by Crippen LogP contribution is 2.70. The van der Waals surface area contributed by atoms with Crippen molar-refractivity contribution >= 4 is 37.8 Å². The van der Waals surface area contributed by atoms with Crippen molar-refractivity contribution in [1.29, 1.82) is 5.26 Å². The molecule has 2 unspecified atom stereocenters. The highest BCUT2D eigenvalue weighted by Gasteiger charge is 2.76. The average molecular weight is 351 g/mol. The predicted octanol–water partition coefficient (Wildman–Crippen LogP) is 3.35. The van der Waals surface area contributed by atoms with Crippen LogP contribution >= 0.6 is 31.9 Å². The van der Waals surface area contributed by atoms with Crippen LogP contribution in [0.5, 0.6) is 0 Å². The molecule has 5 heteroatoms. The van der Waals surface area contributed by atoms with Crippen molar-refractivity contribution in [2.24, 2.45) is 16.7 Å². The lowest BCUT2D eigenvalue weighted by molar-refractivity contribution is -0.148. The first-order chi connectivity index (χ1) is 7.34. The van der Waals surface area contributed by atoms with E-state index < -0.39 is 11.4 Å². The summed E-state index contributed by atoms with van der Waals surface area (Å²) in [7, 11) is 0. The van der Waals surface area contributed by atoms with E-state index in [0.717, 1.165) is 3.39 Å². The van der Waals surface area contributed by atoms with Crippen LogP contribution in [-0.4, -0.2) is 12.6 Å². The van der Waals surface area contributed by atoms with Gasteiger partial charge in [0.15, 0.2) is 5.41 Å². The standard InChI is InChI=1S/C11H13Br2NO2/c1-4-16-9(15)11(6-14)7(5-8(12)13)10(11,2)3/h5,7H,4H2,1-3H3. The number of rotatable bonds is 3. The molecule has 0 saturated heterocycles. The van der Waals surface area contributed by atoms with Gasteiger partial charge in [0, 0.05) is 11.3 Å². The Labute approximate surface area is 112 Å². The molecule has 0 heterocycles. The Hall–Kier alpha value is -0.340. The number of halogens is 2. The van der Waals surface area contributed by atoms with Gasteiger partial charge in [0.25, 0.3) is 0 Å². The summed E-state index contributed by atoms with van der Waals surface area (Å²) in [5, 5.41) is 9.26. The number of hydrogen-bond donors (Lipinski definition) is 0.